The van der Waals surface area contributed by atoms with Crippen molar-refractivity contribution in [3.8, 4) is 0 Å². The van der Waals surface area contributed by atoms with Gasteiger partial charge in [-0.25, -0.2) is 4.79 Å². The van der Waals surface area contributed by atoms with Crippen LogP contribution in [0.25, 0.3) is 0 Å². The molecule has 0 aliphatic carbocycles. The molecule has 0 spiro atoms. The minimum absolute atomic E-state index is 0.0299. The van der Waals surface area contributed by atoms with Crippen LogP contribution in [0.1, 0.15) is 42.4 Å². The quantitative estimate of drug-likeness (QED) is 0.742. The third kappa shape index (κ3) is 4.08. The molecule has 0 fully saturated rings. The van der Waals surface area contributed by atoms with Gasteiger partial charge in [0, 0.05) is 19.2 Å². The molecule has 0 bridgehead atoms. The number of hydrogen-bond donors (Lipinski definition) is 3. The zero-order valence-electron chi connectivity index (χ0n) is 11.1. The zero-order chi connectivity index (χ0) is 13.8. The number of aliphatic hydroxyl groups excluding tert-OH is 1. The molecule has 0 aromatic carbocycles. The molecule has 1 atom stereocenters. The Morgan fingerprint density at radius 2 is 2.17 bits per heavy atom. The Balaban J connectivity index is 2.67. The van der Waals surface area contributed by atoms with Crippen LogP contribution in [-0.4, -0.2) is 28.8 Å². The van der Waals surface area contributed by atoms with E-state index in [4.69, 9.17) is 10.2 Å². The minimum atomic E-state index is -0.878. The summed E-state index contributed by atoms with van der Waals surface area (Å²) in [4.78, 5) is 11.4. The van der Waals surface area contributed by atoms with Crippen molar-refractivity contribution in [2.75, 3.05) is 6.61 Å². The average molecular weight is 271 g/mol. The monoisotopic (exact) mass is 271 g/mol. The van der Waals surface area contributed by atoms with Crippen molar-refractivity contribution >= 4 is 17.3 Å². The average Bonchev–Trinajstić information content (AvgIpc) is 2.70. The Morgan fingerprint density at radius 1 is 1.50 bits per heavy atom. The maximum Gasteiger partial charge on any atom is 0.346 e. The van der Waals surface area contributed by atoms with E-state index >= 15 is 0 Å². The van der Waals surface area contributed by atoms with Crippen LogP contribution in [0.2, 0.25) is 0 Å². The SMILES string of the molecule is CC(C)(C)C(CCO)NCc1ccsc1C(=O)O. The van der Waals surface area contributed by atoms with Gasteiger partial charge in [0.2, 0.25) is 0 Å². The fraction of sp³-hybridized carbons (Fsp3) is 0.615. The molecule has 18 heavy (non-hydrogen) atoms. The van der Waals surface area contributed by atoms with E-state index < -0.39 is 5.97 Å². The van der Waals surface area contributed by atoms with Gasteiger partial charge in [-0.15, -0.1) is 11.3 Å². The lowest BCUT2D eigenvalue weighted by Crippen LogP contribution is -2.40. The molecule has 1 rings (SSSR count). The second kappa shape index (κ2) is 6.31. The standard InChI is InChI=1S/C13H21NO3S/c1-13(2,3)10(4-6-15)14-8-9-5-7-18-11(9)12(16)17/h5,7,10,14-15H,4,6,8H2,1-3H3,(H,16,17). The summed E-state index contributed by atoms with van der Waals surface area (Å²) >= 11 is 1.24. The number of hydrogen-bond acceptors (Lipinski definition) is 4. The van der Waals surface area contributed by atoms with Crippen LogP contribution < -0.4 is 5.32 Å². The van der Waals surface area contributed by atoms with Crippen LogP contribution in [0.3, 0.4) is 0 Å². The molecule has 4 nitrogen and oxygen atoms in total. The number of carboxylic acids is 1. The summed E-state index contributed by atoms with van der Waals surface area (Å²) in [6.07, 6.45) is 0.663. The van der Waals surface area contributed by atoms with Gasteiger partial charge in [0.1, 0.15) is 4.88 Å². The Morgan fingerprint density at radius 3 is 2.67 bits per heavy atom. The first-order valence-corrected chi connectivity index (χ1v) is 6.88. The normalized spacial score (nSPS) is 13.6. The van der Waals surface area contributed by atoms with E-state index in [2.05, 4.69) is 26.1 Å². The van der Waals surface area contributed by atoms with Crippen LogP contribution in [0.15, 0.2) is 11.4 Å². The van der Waals surface area contributed by atoms with Gasteiger partial charge in [-0.3, -0.25) is 0 Å². The molecule has 1 aromatic rings. The van der Waals surface area contributed by atoms with Gasteiger partial charge in [-0.2, -0.15) is 0 Å². The van der Waals surface area contributed by atoms with Crippen molar-refractivity contribution in [1.82, 2.24) is 5.32 Å². The summed E-state index contributed by atoms with van der Waals surface area (Å²) in [7, 11) is 0. The highest BCUT2D eigenvalue weighted by Gasteiger charge is 2.24. The lowest BCUT2D eigenvalue weighted by Gasteiger charge is -2.31. The first-order chi connectivity index (χ1) is 8.36. The number of thiophene rings is 1. The van der Waals surface area contributed by atoms with Crippen molar-refractivity contribution in [2.45, 2.75) is 39.8 Å². The molecule has 0 radical (unpaired) electrons. The van der Waals surface area contributed by atoms with E-state index in [9.17, 15) is 4.79 Å². The van der Waals surface area contributed by atoms with Crippen molar-refractivity contribution in [3.05, 3.63) is 21.9 Å². The van der Waals surface area contributed by atoms with Crippen molar-refractivity contribution in [1.29, 1.82) is 0 Å². The summed E-state index contributed by atoms with van der Waals surface area (Å²) in [5.41, 5.74) is 0.835. The van der Waals surface area contributed by atoms with E-state index in [1.807, 2.05) is 6.07 Å². The maximum atomic E-state index is 11.0. The Bertz CT molecular complexity index is 395. The largest absolute Gasteiger partial charge is 0.477 e. The van der Waals surface area contributed by atoms with Crippen LogP contribution >= 0.6 is 11.3 Å². The molecule has 1 unspecified atom stereocenters. The summed E-state index contributed by atoms with van der Waals surface area (Å²) in [6.45, 7) is 6.96. The van der Waals surface area contributed by atoms with Gasteiger partial charge in [-0.05, 0) is 28.8 Å². The van der Waals surface area contributed by atoms with Crippen molar-refractivity contribution < 1.29 is 15.0 Å². The molecule has 102 valence electrons. The van der Waals surface area contributed by atoms with Crippen LogP contribution in [-0.2, 0) is 6.54 Å². The van der Waals surface area contributed by atoms with Gasteiger partial charge in [-0.1, -0.05) is 20.8 Å². The summed E-state index contributed by atoms with van der Waals surface area (Å²) in [6, 6.07) is 1.99. The lowest BCUT2D eigenvalue weighted by molar-refractivity contribution is 0.0700. The topological polar surface area (TPSA) is 69.6 Å². The highest BCUT2D eigenvalue weighted by Crippen LogP contribution is 2.23. The molecule has 5 heteroatoms. The van der Waals surface area contributed by atoms with E-state index in [-0.39, 0.29) is 18.1 Å². The maximum absolute atomic E-state index is 11.0. The van der Waals surface area contributed by atoms with Crippen LogP contribution in [0.5, 0.6) is 0 Å². The second-order valence-corrected chi connectivity index (χ2v) is 6.31. The van der Waals surface area contributed by atoms with Gasteiger partial charge in [0.25, 0.3) is 0 Å². The molecule has 0 aliphatic rings. The Labute approximate surface area is 112 Å². The fourth-order valence-corrected chi connectivity index (χ4v) is 2.63. The van der Waals surface area contributed by atoms with Gasteiger partial charge in [0.05, 0.1) is 0 Å². The lowest BCUT2D eigenvalue weighted by atomic mass is 9.85. The zero-order valence-corrected chi connectivity index (χ0v) is 11.9. The molecule has 0 saturated heterocycles. The summed E-state index contributed by atoms with van der Waals surface area (Å²) in [5, 5.41) is 23.2. The van der Waals surface area contributed by atoms with E-state index in [1.165, 1.54) is 11.3 Å². The Hall–Kier alpha value is -0.910. The first-order valence-electron chi connectivity index (χ1n) is 6.00. The van der Waals surface area contributed by atoms with E-state index in [0.717, 1.165) is 5.56 Å². The summed E-state index contributed by atoms with van der Waals surface area (Å²) < 4.78 is 0. The molecular weight excluding hydrogens is 250 g/mol. The third-order valence-electron chi connectivity index (χ3n) is 2.94. The number of rotatable bonds is 6. The number of carbonyl (C=O) groups is 1. The second-order valence-electron chi connectivity index (χ2n) is 5.39. The highest BCUT2D eigenvalue weighted by atomic mass is 32.1. The molecule has 3 N–H and O–H groups in total. The predicted molar refractivity (Wildman–Crippen MR) is 73.1 cm³/mol. The van der Waals surface area contributed by atoms with Crippen LogP contribution in [0.4, 0.5) is 0 Å². The predicted octanol–water partition coefficient (Wildman–Crippen LogP) is 2.33. The highest BCUT2D eigenvalue weighted by molar-refractivity contribution is 7.12. The van der Waals surface area contributed by atoms with Crippen LogP contribution in [0, 0.1) is 5.41 Å². The number of nitrogens with one attached hydrogen (secondary N) is 1. The van der Waals surface area contributed by atoms with Gasteiger partial charge < -0.3 is 15.5 Å². The molecule has 1 heterocycles. The molecule has 0 aliphatic heterocycles. The smallest absolute Gasteiger partial charge is 0.346 e. The van der Waals surface area contributed by atoms with E-state index in [1.54, 1.807) is 5.38 Å². The molecule has 0 saturated carbocycles. The van der Waals surface area contributed by atoms with Crippen molar-refractivity contribution in [3.63, 3.8) is 0 Å². The number of aliphatic hydroxyl groups is 1. The van der Waals surface area contributed by atoms with Crippen molar-refractivity contribution in [2.24, 2.45) is 5.41 Å². The van der Waals surface area contributed by atoms with Gasteiger partial charge >= 0.3 is 5.97 Å². The van der Waals surface area contributed by atoms with E-state index in [0.29, 0.717) is 17.8 Å². The first kappa shape index (κ1) is 15.1. The third-order valence-corrected chi connectivity index (χ3v) is 3.89. The Kier molecular flexibility index (Phi) is 5.31. The van der Waals surface area contributed by atoms with Gasteiger partial charge in [0.15, 0.2) is 0 Å². The minimum Gasteiger partial charge on any atom is -0.477 e. The summed E-state index contributed by atoms with van der Waals surface area (Å²) in [5.74, 6) is -0.878. The molecule has 0 amide bonds. The number of aromatic carboxylic acids is 1. The number of carboxylic acid groups (broad SMARTS) is 1. The molecule has 1 aromatic heterocycles. The molecular formula is C13H21NO3S. The fourth-order valence-electron chi connectivity index (χ4n) is 1.87.